The zero-order valence-electron chi connectivity index (χ0n) is 11.6. The van der Waals surface area contributed by atoms with Crippen molar-refractivity contribution in [1.82, 2.24) is 14.9 Å². The van der Waals surface area contributed by atoms with Crippen LogP contribution in [0.1, 0.15) is 19.3 Å². The molecule has 2 aromatic heterocycles. The second-order valence-corrected chi connectivity index (χ2v) is 6.32. The highest BCUT2D eigenvalue weighted by molar-refractivity contribution is 9.10. The van der Waals surface area contributed by atoms with Gasteiger partial charge in [0, 0.05) is 24.0 Å². The summed E-state index contributed by atoms with van der Waals surface area (Å²) in [4.78, 5) is 16.7. The lowest BCUT2D eigenvalue weighted by Crippen LogP contribution is -2.46. The molecule has 2 atom stereocenters. The number of carbonyl (C=O) groups excluding carboxylic acids is 1. The number of piperidine rings is 1. The topological polar surface area (TPSA) is 67.2 Å². The molecule has 5 nitrogen and oxygen atoms in total. The highest BCUT2D eigenvalue weighted by Crippen LogP contribution is 2.18. The smallest absolute Gasteiger partial charge is 0.154 e. The van der Waals surface area contributed by atoms with E-state index in [2.05, 4.69) is 26.2 Å². The molecule has 0 aliphatic carbocycles. The minimum absolute atomic E-state index is 0.104. The molecule has 3 heterocycles. The van der Waals surface area contributed by atoms with E-state index in [9.17, 15) is 9.90 Å². The second-order valence-electron chi connectivity index (χ2n) is 5.50. The maximum atomic E-state index is 12.2. The minimum atomic E-state index is -0.420. The fourth-order valence-corrected chi connectivity index (χ4v) is 3.11. The van der Waals surface area contributed by atoms with Crippen LogP contribution < -0.4 is 5.32 Å². The van der Waals surface area contributed by atoms with Gasteiger partial charge in [-0.15, -0.1) is 0 Å². The number of fused-ring (bicyclic) bond motifs is 1. The Morgan fingerprint density at radius 3 is 3.14 bits per heavy atom. The Kier molecular flexibility index (Phi) is 4.37. The molecule has 0 aromatic carbocycles. The molecule has 0 saturated carbocycles. The van der Waals surface area contributed by atoms with E-state index >= 15 is 0 Å². The van der Waals surface area contributed by atoms with Crippen molar-refractivity contribution in [2.24, 2.45) is 0 Å². The summed E-state index contributed by atoms with van der Waals surface area (Å²) in [6.07, 6.45) is 3.55. The summed E-state index contributed by atoms with van der Waals surface area (Å²) in [6, 6.07) is 5.69. The van der Waals surface area contributed by atoms with Crippen molar-refractivity contribution in [3.8, 4) is 0 Å². The van der Waals surface area contributed by atoms with Crippen LogP contribution in [0.5, 0.6) is 0 Å². The highest BCUT2D eigenvalue weighted by Gasteiger charge is 2.24. The lowest BCUT2D eigenvalue weighted by molar-refractivity contribution is -0.121. The highest BCUT2D eigenvalue weighted by atomic mass is 79.9. The number of aliphatic hydroxyl groups excluding tert-OH is 1. The van der Waals surface area contributed by atoms with Crippen LogP contribution in [0.15, 0.2) is 29.0 Å². The zero-order chi connectivity index (χ0) is 14.8. The second kappa shape index (κ2) is 6.25. The standard InChI is InChI=1S/C15H18BrN3O2/c16-14-4-3-10-5-7-19(15(10)18-14)9-11(20)8-12-13(21)2-1-6-17-12/h3-5,7,12-13,17,21H,1-2,6,8-9H2/t12-,13+/m1/s1. The quantitative estimate of drug-likeness (QED) is 0.825. The van der Waals surface area contributed by atoms with Gasteiger partial charge in [-0.2, -0.15) is 0 Å². The Morgan fingerprint density at radius 2 is 2.33 bits per heavy atom. The van der Waals surface area contributed by atoms with Crippen molar-refractivity contribution in [1.29, 1.82) is 0 Å². The lowest BCUT2D eigenvalue weighted by atomic mass is 9.97. The molecule has 2 N–H and O–H groups in total. The van der Waals surface area contributed by atoms with Gasteiger partial charge in [0.15, 0.2) is 5.78 Å². The molecule has 1 aliphatic heterocycles. The van der Waals surface area contributed by atoms with Gasteiger partial charge in [0.2, 0.25) is 0 Å². The van der Waals surface area contributed by atoms with Crippen molar-refractivity contribution in [2.45, 2.75) is 38.0 Å². The Hall–Kier alpha value is -1.24. The van der Waals surface area contributed by atoms with Crippen LogP contribution in [0.2, 0.25) is 0 Å². The van der Waals surface area contributed by atoms with E-state index in [1.807, 2.05) is 29.0 Å². The van der Waals surface area contributed by atoms with Gasteiger partial charge in [0.05, 0.1) is 12.6 Å². The van der Waals surface area contributed by atoms with E-state index in [0.717, 1.165) is 35.0 Å². The predicted octanol–water partition coefficient (Wildman–Crippen LogP) is 1.87. The van der Waals surface area contributed by atoms with Gasteiger partial charge < -0.3 is 15.0 Å². The summed E-state index contributed by atoms with van der Waals surface area (Å²) in [5.74, 6) is 0.104. The monoisotopic (exact) mass is 351 g/mol. The summed E-state index contributed by atoms with van der Waals surface area (Å²) in [6.45, 7) is 1.16. The summed E-state index contributed by atoms with van der Waals surface area (Å²) in [5.41, 5.74) is 0.801. The van der Waals surface area contributed by atoms with E-state index in [-0.39, 0.29) is 18.4 Å². The number of rotatable bonds is 4. The van der Waals surface area contributed by atoms with Crippen LogP contribution in [-0.4, -0.2) is 39.1 Å². The predicted molar refractivity (Wildman–Crippen MR) is 84.1 cm³/mol. The SMILES string of the molecule is O=C(C[C@H]1NCCC[C@@H]1O)Cn1ccc2ccc(Br)nc21. The molecule has 21 heavy (non-hydrogen) atoms. The molecule has 1 saturated heterocycles. The first-order valence-electron chi connectivity index (χ1n) is 7.18. The molecule has 3 rings (SSSR count). The first kappa shape index (κ1) is 14.7. The Labute approximate surface area is 131 Å². The molecule has 112 valence electrons. The van der Waals surface area contributed by atoms with Gasteiger partial charge >= 0.3 is 0 Å². The molecule has 0 unspecified atom stereocenters. The number of hydrogen-bond donors (Lipinski definition) is 2. The molecule has 1 fully saturated rings. The van der Waals surface area contributed by atoms with Crippen LogP contribution in [0.25, 0.3) is 11.0 Å². The summed E-state index contributed by atoms with van der Waals surface area (Å²) in [7, 11) is 0. The van der Waals surface area contributed by atoms with E-state index in [1.165, 1.54) is 0 Å². The number of nitrogens with one attached hydrogen (secondary N) is 1. The van der Waals surface area contributed by atoms with Gasteiger partial charge in [0.25, 0.3) is 0 Å². The van der Waals surface area contributed by atoms with Crippen molar-refractivity contribution in [2.75, 3.05) is 6.54 Å². The zero-order valence-corrected chi connectivity index (χ0v) is 13.2. The maximum absolute atomic E-state index is 12.2. The van der Waals surface area contributed by atoms with E-state index in [1.54, 1.807) is 0 Å². The molecule has 0 spiro atoms. The molecule has 2 aromatic rings. The van der Waals surface area contributed by atoms with Crippen LogP contribution in [0.4, 0.5) is 0 Å². The number of Topliss-reactive ketones (excluding diaryl/α,β-unsaturated/α-hetero) is 1. The molecule has 0 bridgehead atoms. The largest absolute Gasteiger partial charge is 0.391 e. The third-order valence-electron chi connectivity index (χ3n) is 3.92. The first-order valence-corrected chi connectivity index (χ1v) is 7.97. The number of pyridine rings is 1. The van der Waals surface area contributed by atoms with Gasteiger partial charge in [-0.25, -0.2) is 4.98 Å². The molecule has 0 radical (unpaired) electrons. The fraction of sp³-hybridized carbons (Fsp3) is 0.467. The average molecular weight is 352 g/mol. The van der Waals surface area contributed by atoms with Gasteiger partial charge in [-0.3, -0.25) is 4.79 Å². The Morgan fingerprint density at radius 1 is 1.48 bits per heavy atom. The number of nitrogens with zero attached hydrogens (tertiary/aromatic N) is 2. The van der Waals surface area contributed by atoms with Crippen LogP contribution in [0, 0.1) is 0 Å². The van der Waals surface area contributed by atoms with E-state index < -0.39 is 6.10 Å². The average Bonchev–Trinajstić information content (AvgIpc) is 2.84. The number of aliphatic hydroxyl groups is 1. The van der Waals surface area contributed by atoms with Crippen LogP contribution in [0.3, 0.4) is 0 Å². The number of aromatic nitrogens is 2. The van der Waals surface area contributed by atoms with Crippen LogP contribution in [-0.2, 0) is 11.3 Å². The molecular formula is C15H18BrN3O2. The lowest BCUT2D eigenvalue weighted by Gasteiger charge is -2.28. The number of hydrogen-bond acceptors (Lipinski definition) is 4. The number of carbonyl (C=O) groups is 1. The Bertz CT molecular complexity index is 655. The van der Waals surface area contributed by atoms with E-state index in [4.69, 9.17) is 0 Å². The van der Waals surface area contributed by atoms with Crippen molar-refractivity contribution in [3.05, 3.63) is 29.0 Å². The maximum Gasteiger partial charge on any atom is 0.154 e. The molecule has 6 heteroatoms. The van der Waals surface area contributed by atoms with Gasteiger partial charge in [0.1, 0.15) is 10.3 Å². The minimum Gasteiger partial charge on any atom is -0.391 e. The summed E-state index contributed by atoms with van der Waals surface area (Å²) >= 11 is 3.35. The third kappa shape index (κ3) is 3.33. The molecule has 0 amide bonds. The number of ketones is 1. The third-order valence-corrected chi connectivity index (χ3v) is 4.36. The van der Waals surface area contributed by atoms with Crippen molar-refractivity contribution in [3.63, 3.8) is 0 Å². The first-order chi connectivity index (χ1) is 10.1. The summed E-state index contributed by atoms with van der Waals surface area (Å²) < 4.78 is 2.62. The van der Waals surface area contributed by atoms with Crippen LogP contribution >= 0.6 is 15.9 Å². The van der Waals surface area contributed by atoms with Crippen molar-refractivity contribution < 1.29 is 9.90 Å². The van der Waals surface area contributed by atoms with E-state index in [0.29, 0.717) is 6.42 Å². The number of halogens is 1. The fourth-order valence-electron chi connectivity index (χ4n) is 2.81. The normalized spacial score (nSPS) is 22.6. The molecule has 1 aliphatic rings. The Balaban J connectivity index is 1.70. The van der Waals surface area contributed by atoms with Crippen molar-refractivity contribution >= 4 is 32.7 Å². The summed E-state index contributed by atoms with van der Waals surface area (Å²) in [5, 5.41) is 14.2. The van der Waals surface area contributed by atoms with Gasteiger partial charge in [-0.05, 0) is 53.5 Å². The van der Waals surface area contributed by atoms with Gasteiger partial charge in [-0.1, -0.05) is 0 Å². The molecular weight excluding hydrogens is 334 g/mol.